The van der Waals surface area contributed by atoms with E-state index in [0.717, 1.165) is 0 Å². The van der Waals surface area contributed by atoms with Crippen LogP contribution in [0.3, 0.4) is 0 Å². The fraction of sp³-hybridized carbons (Fsp3) is 0. The van der Waals surface area contributed by atoms with Crippen molar-refractivity contribution in [2.75, 3.05) is 0 Å². The van der Waals surface area contributed by atoms with Crippen molar-refractivity contribution in [1.29, 1.82) is 0 Å². The van der Waals surface area contributed by atoms with E-state index < -0.39 is 11.7 Å². The molecule has 2 nitrogen and oxygen atoms in total. The summed E-state index contributed by atoms with van der Waals surface area (Å²) < 4.78 is 11.8. The van der Waals surface area contributed by atoms with Crippen LogP contribution in [0.4, 0.5) is 4.39 Å². The van der Waals surface area contributed by atoms with Crippen molar-refractivity contribution in [3.8, 4) is 0 Å². The maximum atomic E-state index is 11.8. The third kappa shape index (κ3) is 1.55. The van der Waals surface area contributed by atoms with Gasteiger partial charge in [-0.15, -0.1) is 0 Å². The van der Waals surface area contributed by atoms with Gasteiger partial charge in [-0.3, -0.25) is 4.79 Å². The van der Waals surface area contributed by atoms with Crippen LogP contribution in [0.25, 0.3) is 0 Å². The number of rotatable bonds is 2. The lowest BCUT2D eigenvalue weighted by molar-refractivity contribution is -0.114. The van der Waals surface area contributed by atoms with Crippen LogP contribution < -0.4 is 5.73 Å². The average molecular weight is 115 g/mol. The summed E-state index contributed by atoms with van der Waals surface area (Å²) in [6.45, 7) is 5.81. The number of carbonyl (C=O) groups is 1. The molecule has 8 heavy (non-hydrogen) atoms. The second-order valence-corrected chi connectivity index (χ2v) is 1.25. The first-order valence-corrected chi connectivity index (χ1v) is 1.89. The Labute approximate surface area is 46.5 Å². The summed E-state index contributed by atoms with van der Waals surface area (Å²) in [5.41, 5.74) is 4.23. The van der Waals surface area contributed by atoms with E-state index in [1.165, 1.54) is 0 Å². The van der Waals surface area contributed by atoms with Crippen molar-refractivity contribution >= 4 is 5.91 Å². The van der Waals surface area contributed by atoms with Gasteiger partial charge < -0.3 is 5.73 Å². The van der Waals surface area contributed by atoms with E-state index in [1.54, 1.807) is 0 Å². The van der Waals surface area contributed by atoms with Crippen LogP contribution in [-0.2, 0) is 4.79 Å². The van der Waals surface area contributed by atoms with Crippen LogP contribution in [-0.4, -0.2) is 5.91 Å². The summed E-state index contributed by atoms with van der Waals surface area (Å²) in [6.07, 6.45) is 0. The second-order valence-electron chi connectivity index (χ2n) is 1.25. The summed E-state index contributed by atoms with van der Waals surface area (Å²) in [4.78, 5) is 9.96. The van der Waals surface area contributed by atoms with Gasteiger partial charge in [0.25, 0.3) is 5.91 Å². The maximum absolute atomic E-state index is 11.8. The number of carbonyl (C=O) groups excluding carboxylic acids is 1. The molecule has 0 spiro atoms. The number of nitrogens with two attached hydrogens (primary N) is 1. The van der Waals surface area contributed by atoms with Gasteiger partial charge in [0.05, 0.1) is 5.57 Å². The Kier molecular flexibility index (Phi) is 1.94. The minimum atomic E-state index is -0.877. The van der Waals surface area contributed by atoms with Crippen LogP contribution in [0.5, 0.6) is 0 Å². The van der Waals surface area contributed by atoms with Crippen molar-refractivity contribution in [3.05, 3.63) is 24.6 Å². The van der Waals surface area contributed by atoms with Gasteiger partial charge in [0.1, 0.15) is 5.83 Å². The van der Waals surface area contributed by atoms with Crippen molar-refractivity contribution in [1.82, 2.24) is 0 Å². The summed E-state index contributed by atoms with van der Waals surface area (Å²) in [6, 6.07) is 0. The fourth-order valence-corrected chi connectivity index (χ4v) is 0.134. The summed E-state index contributed by atoms with van der Waals surface area (Å²) in [7, 11) is 0. The highest BCUT2D eigenvalue weighted by Crippen LogP contribution is 2.03. The van der Waals surface area contributed by atoms with E-state index in [0.29, 0.717) is 0 Å². The standard InChI is InChI=1S/C5H6FNO/c1-3(4(2)6)5(7)8/h1-2H2,(H2,7,8). The molecule has 0 aliphatic rings. The Balaban J connectivity index is 4.05. The van der Waals surface area contributed by atoms with Gasteiger partial charge in [-0.25, -0.2) is 4.39 Å². The lowest BCUT2D eigenvalue weighted by atomic mass is 10.3. The smallest absolute Gasteiger partial charge is 0.251 e. The van der Waals surface area contributed by atoms with Crippen molar-refractivity contribution < 1.29 is 9.18 Å². The minimum Gasteiger partial charge on any atom is -0.366 e. The molecule has 0 aromatic heterocycles. The van der Waals surface area contributed by atoms with E-state index in [-0.39, 0.29) is 5.57 Å². The van der Waals surface area contributed by atoms with E-state index in [9.17, 15) is 9.18 Å². The Hall–Kier alpha value is -1.12. The highest BCUT2D eigenvalue weighted by molar-refractivity contribution is 5.94. The Morgan fingerprint density at radius 1 is 1.50 bits per heavy atom. The first-order valence-electron chi connectivity index (χ1n) is 1.89. The molecule has 0 rings (SSSR count). The number of primary amides is 1. The molecule has 1 amide bonds. The molecule has 0 aromatic rings. The first kappa shape index (κ1) is 6.88. The maximum Gasteiger partial charge on any atom is 0.251 e. The third-order valence-corrected chi connectivity index (χ3v) is 0.625. The number of hydrogen-bond acceptors (Lipinski definition) is 1. The molecule has 0 saturated heterocycles. The van der Waals surface area contributed by atoms with Crippen molar-refractivity contribution in [3.63, 3.8) is 0 Å². The molecule has 0 bridgehead atoms. The monoisotopic (exact) mass is 115 g/mol. The molecule has 0 saturated carbocycles. The number of amides is 1. The molecule has 0 atom stereocenters. The molecule has 0 radical (unpaired) electrons. The predicted octanol–water partition coefficient (Wildman–Crippen LogP) is 0.511. The Morgan fingerprint density at radius 3 is 1.88 bits per heavy atom. The van der Waals surface area contributed by atoms with E-state index in [4.69, 9.17) is 0 Å². The zero-order chi connectivity index (χ0) is 6.73. The first-order chi connectivity index (χ1) is 3.55. The summed E-state index contributed by atoms with van der Waals surface area (Å²) in [5.74, 6) is -1.75. The van der Waals surface area contributed by atoms with Crippen LogP contribution >= 0.6 is 0 Å². The van der Waals surface area contributed by atoms with Crippen molar-refractivity contribution in [2.24, 2.45) is 5.73 Å². The zero-order valence-electron chi connectivity index (χ0n) is 4.28. The largest absolute Gasteiger partial charge is 0.366 e. The summed E-state index contributed by atoms with van der Waals surface area (Å²) in [5, 5.41) is 0. The number of halogens is 1. The lowest BCUT2D eigenvalue weighted by Crippen LogP contribution is -2.12. The third-order valence-electron chi connectivity index (χ3n) is 0.625. The van der Waals surface area contributed by atoms with Crippen LogP contribution in [0.1, 0.15) is 0 Å². The van der Waals surface area contributed by atoms with E-state index in [2.05, 4.69) is 18.9 Å². The fourth-order valence-electron chi connectivity index (χ4n) is 0.134. The molecule has 0 fully saturated rings. The van der Waals surface area contributed by atoms with Gasteiger partial charge >= 0.3 is 0 Å². The number of hydrogen-bond donors (Lipinski definition) is 1. The van der Waals surface area contributed by atoms with Gasteiger partial charge in [0, 0.05) is 0 Å². The molecule has 0 aliphatic carbocycles. The molecular weight excluding hydrogens is 109 g/mol. The molecule has 0 aliphatic heterocycles. The molecule has 3 heteroatoms. The minimum absolute atomic E-state index is 0.370. The van der Waals surface area contributed by atoms with Crippen molar-refractivity contribution in [2.45, 2.75) is 0 Å². The van der Waals surface area contributed by atoms with Crippen LogP contribution in [0.2, 0.25) is 0 Å². The van der Waals surface area contributed by atoms with Gasteiger partial charge in [0.2, 0.25) is 0 Å². The van der Waals surface area contributed by atoms with Gasteiger partial charge in [-0.1, -0.05) is 13.2 Å². The normalized spacial score (nSPS) is 8.12. The van der Waals surface area contributed by atoms with E-state index in [1.807, 2.05) is 0 Å². The Morgan fingerprint density at radius 2 is 1.88 bits per heavy atom. The summed E-state index contributed by atoms with van der Waals surface area (Å²) >= 11 is 0. The highest BCUT2D eigenvalue weighted by Gasteiger charge is 2.02. The van der Waals surface area contributed by atoms with E-state index >= 15 is 0 Å². The van der Waals surface area contributed by atoms with Crippen LogP contribution in [0.15, 0.2) is 24.6 Å². The molecule has 0 heterocycles. The van der Waals surface area contributed by atoms with Gasteiger partial charge in [-0.05, 0) is 0 Å². The van der Waals surface area contributed by atoms with Crippen LogP contribution in [0, 0.1) is 0 Å². The quantitative estimate of drug-likeness (QED) is 0.413. The molecule has 0 aromatic carbocycles. The Bertz CT molecular complexity index is 135. The lowest BCUT2D eigenvalue weighted by Gasteiger charge is -1.90. The van der Waals surface area contributed by atoms with Gasteiger partial charge in [0.15, 0.2) is 0 Å². The zero-order valence-corrected chi connectivity index (χ0v) is 4.28. The second kappa shape index (κ2) is 2.26. The molecule has 44 valence electrons. The SMILES string of the molecule is C=C(F)C(=C)C(N)=O. The highest BCUT2D eigenvalue weighted by atomic mass is 19.1. The topological polar surface area (TPSA) is 43.1 Å². The average Bonchev–Trinajstić information content (AvgIpc) is 1.64. The molecule has 2 N–H and O–H groups in total. The predicted molar refractivity (Wildman–Crippen MR) is 28.6 cm³/mol. The van der Waals surface area contributed by atoms with Gasteiger partial charge in [-0.2, -0.15) is 0 Å². The molecular formula is C5H6FNO. The molecule has 0 unspecified atom stereocenters.